The predicted octanol–water partition coefficient (Wildman–Crippen LogP) is 2.36. The van der Waals surface area contributed by atoms with Crippen LogP contribution in [0.3, 0.4) is 0 Å². The number of fused-ring (bicyclic) bond motifs is 3. The molecule has 0 radical (unpaired) electrons. The zero-order valence-corrected chi connectivity index (χ0v) is 12.1. The lowest BCUT2D eigenvalue weighted by Crippen LogP contribution is -2.39. The average molecular weight is 284 g/mol. The first-order valence-electron chi connectivity index (χ1n) is 7.92. The second-order valence-electron chi connectivity index (χ2n) is 6.11. The monoisotopic (exact) mass is 284 g/mol. The summed E-state index contributed by atoms with van der Waals surface area (Å²) in [5.74, 6) is 0.171. The fourth-order valence-electron chi connectivity index (χ4n) is 3.69. The van der Waals surface area contributed by atoms with Crippen molar-refractivity contribution in [3.8, 4) is 0 Å². The van der Waals surface area contributed by atoms with Crippen LogP contribution in [0, 0.1) is 5.92 Å². The molecule has 2 aliphatic heterocycles. The van der Waals surface area contributed by atoms with E-state index in [0.29, 0.717) is 0 Å². The predicted molar refractivity (Wildman–Crippen MR) is 80.1 cm³/mol. The van der Waals surface area contributed by atoms with Crippen molar-refractivity contribution in [2.24, 2.45) is 11.0 Å². The SMILES string of the molecule is O=C1C2CCCc3ccccc3C2=NN1C1CCOCC1. The van der Waals surface area contributed by atoms with Crippen molar-refractivity contribution in [3.05, 3.63) is 35.4 Å². The highest BCUT2D eigenvalue weighted by molar-refractivity contribution is 6.17. The molecule has 0 saturated carbocycles. The van der Waals surface area contributed by atoms with Gasteiger partial charge in [-0.1, -0.05) is 24.3 Å². The molecular formula is C17H20N2O2. The summed E-state index contributed by atoms with van der Waals surface area (Å²) in [6, 6.07) is 8.63. The normalized spacial score (nSPS) is 26.1. The summed E-state index contributed by atoms with van der Waals surface area (Å²) >= 11 is 0. The number of hydrazone groups is 1. The Balaban J connectivity index is 1.71. The molecule has 0 bridgehead atoms. The van der Waals surface area contributed by atoms with E-state index in [-0.39, 0.29) is 17.9 Å². The molecule has 0 spiro atoms. The molecule has 3 aliphatic rings. The minimum Gasteiger partial charge on any atom is -0.381 e. The average Bonchev–Trinajstić information content (AvgIpc) is 2.75. The molecule has 4 heteroatoms. The number of nitrogens with zero attached hydrogens (tertiary/aromatic N) is 2. The second kappa shape index (κ2) is 5.26. The fraction of sp³-hybridized carbons (Fsp3) is 0.529. The van der Waals surface area contributed by atoms with Crippen molar-refractivity contribution >= 4 is 11.6 Å². The third-order valence-corrected chi connectivity index (χ3v) is 4.84. The van der Waals surface area contributed by atoms with Gasteiger partial charge in [-0.15, -0.1) is 0 Å². The summed E-state index contributed by atoms with van der Waals surface area (Å²) in [7, 11) is 0. The first kappa shape index (κ1) is 13.0. The zero-order valence-electron chi connectivity index (χ0n) is 12.1. The van der Waals surface area contributed by atoms with Gasteiger partial charge in [0.2, 0.25) is 0 Å². The van der Waals surface area contributed by atoms with E-state index < -0.39 is 0 Å². The van der Waals surface area contributed by atoms with E-state index in [9.17, 15) is 4.79 Å². The third-order valence-electron chi connectivity index (χ3n) is 4.84. The number of benzene rings is 1. The summed E-state index contributed by atoms with van der Waals surface area (Å²) in [5.41, 5.74) is 3.52. The molecule has 0 N–H and O–H groups in total. The largest absolute Gasteiger partial charge is 0.381 e. The van der Waals surface area contributed by atoms with Crippen LogP contribution in [-0.4, -0.2) is 35.9 Å². The van der Waals surface area contributed by atoms with Crippen molar-refractivity contribution in [3.63, 3.8) is 0 Å². The first-order chi connectivity index (χ1) is 10.3. The van der Waals surface area contributed by atoms with Gasteiger partial charge < -0.3 is 4.74 Å². The quantitative estimate of drug-likeness (QED) is 0.794. The maximum absolute atomic E-state index is 12.8. The Morgan fingerprint density at radius 1 is 1.14 bits per heavy atom. The molecule has 1 atom stereocenters. The molecule has 0 aromatic heterocycles. The number of carbonyl (C=O) groups is 1. The van der Waals surface area contributed by atoms with Gasteiger partial charge >= 0.3 is 0 Å². The Morgan fingerprint density at radius 3 is 2.81 bits per heavy atom. The van der Waals surface area contributed by atoms with E-state index in [1.807, 2.05) is 6.07 Å². The molecular weight excluding hydrogens is 264 g/mol. The van der Waals surface area contributed by atoms with Crippen molar-refractivity contribution in [1.29, 1.82) is 0 Å². The van der Waals surface area contributed by atoms with Gasteiger partial charge in [-0.05, 0) is 37.7 Å². The number of rotatable bonds is 1. The molecule has 1 aromatic rings. The van der Waals surface area contributed by atoms with Gasteiger partial charge in [0.05, 0.1) is 17.7 Å². The number of amides is 1. The van der Waals surface area contributed by atoms with E-state index in [1.165, 1.54) is 11.1 Å². The second-order valence-corrected chi connectivity index (χ2v) is 6.11. The number of carbonyl (C=O) groups excluding carboxylic acids is 1. The first-order valence-corrected chi connectivity index (χ1v) is 7.92. The van der Waals surface area contributed by atoms with E-state index in [2.05, 4.69) is 18.2 Å². The van der Waals surface area contributed by atoms with Crippen molar-refractivity contribution in [2.75, 3.05) is 13.2 Å². The van der Waals surface area contributed by atoms with E-state index in [1.54, 1.807) is 5.01 Å². The van der Waals surface area contributed by atoms with Crippen molar-refractivity contribution in [1.82, 2.24) is 5.01 Å². The van der Waals surface area contributed by atoms with Crippen LogP contribution >= 0.6 is 0 Å². The van der Waals surface area contributed by atoms with Gasteiger partial charge in [0.1, 0.15) is 0 Å². The van der Waals surface area contributed by atoms with Crippen LogP contribution in [0.25, 0.3) is 0 Å². The van der Waals surface area contributed by atoms with Gasteiger partial charge in [0.25, 0.3) is 5.91 Å². The molecule has 1 aliphatic carbocycles. The van der Waals surface area contributed by atoms with Gasteiger partial charge in [0, 0.05) is 18.8 Å². The number of ether oxygens (including phenoxy) is 1. The van der Waals surface area contributed by atoms with Gasteiger partial charge in [-0.3, -0.25) is 4.79 Å². The molecule has 110 valence electrons. The van der Waals surface area contributed by atoms with Gasteiger partial charge in [-0.25, -0.2) is 5.01 Å². The highest BCUT2D eigenvalue weighted by Crippen LogP contribution is 2.33. The van der Waals surface area contributed by atoms with Crippen LogP contribution < -0.4 is 0 Å². The maximum atomic E-state index is 12.8. The standard InChI is InChI=1S/C17H20N2O2/c20-17-15-7-3-5-12-4-1-2-6-14(12)16(15)18-19(17)13-8-10-21-11-9-13/h1-2,4,6,13,15H,3,5,7-11H2. The maximum Gasteiger partial charge on any atom is 0.252 e. The third kappa shape index (κ3) is 2.18. The summed E-state index contributed by atoms with van der Waals surface area (Å²) in [6.07, 6.45) is 4.84. The summed E-state index contributed by atoms with van der Waals surface area (Å²) in [4.78, 5) is 12.8. The highest BCUT2D eigenvalue weighted by Gasteiger charge is 2.41. The number of hydrogen-bond donors (Lipinski definition) is 0. The molecule has 1 unspecified atom stereocenters. The Morgan fingerprint density at radius 2 is 1.95 bits per heavy atom. The van der Waals surface area contributed by atoms with Crippen molar-refractivity contribution in [2.45, 2.75) is 38.1 Å². The minimum atomic E-state index is -0.0310. The number of hydrogen-bond acceptors (Lipinski definition) is 3. The Labute approximate surface area is 124 Å². The molecule has 1 amide bonds. The van der Waals surface area contributed by atoms with E-state index in [4.69, 9.17) is 9.84 Å². The molecule has 1 saturated heterocycles. The molecule has 21 heavy (non-hydrogen) atoms. The van der Waals surface area contributed by atoms with Crippen LogP contribution in [0.2, 0.25) is 0 Å². The minimum absolute atomic E-state index is 0.0310. The topological polar surface area (TPSA) is 41.9 Å². The van der Waals surface area contributed by atoms with E-state index >= 15 is 0 Å². The summed E-state index contributed by atoms with van der Waals surface area (Å²) in [6.45, 7) is 1.47. The lowest BCUT2D eigenvalue weighted by Gasteiger charge is -2.28. The smallest absolute Gasteiger partial charge is 0.252 e. The Hall–Kier alpha value is -1.68. The molecule has 2 heterocycles. The summed E-state index contributed by atoms with van der Waals surface area (Å²) in [5, 5.41) is 6.53. The van der Waals surface area contributed by atoms with Crippen LogP contribution in [0.4, 0.5) is 0 Å². The molecule has 4 rings (SSSR count). The number of aryl methyl sites for hydroxylation is 1. The highest BCUT2D eigenvalue weighted by atomic mass is 16.5. The molecule has 1 aromatic carbocycles. The molecule has 1 fully saturated rings. The van der Waals surface area contributed by atoms with Crippen molar-refractivity contribution < 1.29 is 9.53 Å². The Kier molecular flexibility index (Phi) is 3.26. The fourth-order valence-corrected chi connectivity index (χ4v) is 3.69. The van der Waals surface area contributed by atoms with Crippen LogP contribution in [0.15, 0.2) is 29.4 Å². The van der Waals surface area contributed by atoms with Crippen LogP contribution in [-0.2, 0) is 16.0 Å². The summed E-state index contributed by atoms with van der Waals surface area (Å²) < 4.78 is 5.40. The Bertz CT molecular complexity index is 590. The lowest BCUT2D eigenvalue weighted by molar-refractivity contribution is -0.135. The lowest BCUT2D eigenvalue weighted by atomic mass is 9.94. The van der Waals surface area contributed by atoms with Crippen LogP contribution in [0.5, 0.6) is 0 Å². The zero-order chi connectivity index (χ0) is 14.2. The van der Waals surface area contributed by atoms with Crippen LogP contribution in [0.1, 0.15) is 36.8 Å². The van der Waals surface area contributed by atoms with Gasteiger partial charge in [-0.2, -0.15) is 5.10 Å². The molecule has 4 nitrogen and oxygen atoms in total. The van der Waals surface area contributed by atoms with E-state index in [0.717, 1.165) is 51.0 Å². The van der Waals surface area contributed by atoms with Gasteiger partial charge in [0.15, 0.2) is 0 Å².